The highest BCUT2D eigenvalue weighted by Crippen LogP contribution is 2.20. The maximum atomic E-state index is 11.8. The molecule has 0 spiro atoms. The maximum Gasteiger partial charge on any atom is 0.230 e. The van der Waals surface area contributed by atoms with E-state index in [0.717, 1.165) is 16.3 Å². The molecule has 2 N–H and O–H groups in total. The van der Waals surface area contributed by atoms with Crippen LogP contribution >= 0.6 is 11.3 Å². The normalized spacial score (nSPS) is 10.3. The lowest BCUT2D eigenvalue weighted by atomic mass is 10.2. The fourth-order valence-electron chi connectivity index (χ4n) is 1.64. The van der Waals surface area contributed by atoms with Crippen molar-refractivity contribution in [1.29, 1.82) is 0 Å². The molecular weight excluding hydrogens is 248 g/mol. The zero-order valence-electron chi connectivity index (χ0n) is 10.2. The van der Waals surface area contributed by atoms with Gasteiger partial charge in [0.25, 0.3) is 0 Å². The fraction of sp³-hybridized carbons (Fsp3) is 0.231. The van der Waals surface area contributed by atoms with Crippen molar-refractivity contribution < 1.29 is 9.90 Å². The van der Waals surface area contributed by atoms with Gasteiger partial charge < -0.3 is 10.4 Å². The van der Waals surface area contributed by atoms with Gasteiger partial charge in [0.15, 0.2) is 0 Å². The molecule has 1 aromatic carbocycles. The number of carbonyl (C=O) groups is 1. The lowest BCUT2D eigenvalue weighted by molar-refractivity contribution is -0.115. The van der Waals surface area contributed by atoms with E-state index in [1.165, 1.54) is 11.3 Å². The molecule has 0 saturated carbocycles. The van der Waals surface area contributed by atoms with Gasteiger partial charge in [0.2, 0.25) is 5.91 Å². The van der Waals surface area contributed by atoms with Crippen LogP contribution in [0.1, 0.15) is 16.3 Å². The van der Waals surface area contributed by atoms with Crippen LogP contribution in [0, 0.1) is 13.8 Å². The molecule has 4 nitrogen and oxygen atoms in total. The summed E-state index contributed by atoms with van der Waals surface area (Å²) in [5, 5.41) is 14.9. The van der Waals surface area contributed by atoms with Crippen molar-refractivity contribution in [2.45, 2.75) is 20.3 Å². The molecule has 0 fully saturated rings. The second-order valence-electron chi connectivity index (χ2n) is 4.08. The first-order chi connectivity index (χ1) is 8.54. The second-order valence-corrected chi connectivity index (χ2v) is 5.14. The highest BCUT2D eigenvalue weighted by molar-refractivity contribution is 7.09. The zero-order chi connectivity index (χ0) is 13.1. The molecule has 2 rings (SSSR count). The van der Waals surface area contributed by atoms with E-state index in [0.29, 0.717) is 5.69 Å². The Morgan fingerprint density at radius 1 is 1.44 bits per heavy atom. The summed E-state index contributed by atoms with van der Waals surface area (Å²) in [6.07, 6.45) is 0.269. The Hall–Kier alpha value is -1.88. The highest BCUT2D eigenvalue weighted by Gasteiger charge is 2.08. The molecule has 0 saturated heterocycles. The van der Waals surface area contributed by atoms with Gasteiger partial charge in [-0.1, -0.05) is 0 Å². The summed E-state index contributed by atoms with van der Waals surface area (Å²) in [5.41, 5.74) is 2.33. The molecule has 1 aromatic heterocycles. The third-order valence-electron chi connectivity index (χ3n) is 2.49. The quantitative estimate of drug-likeness (QED) is 0.836. The number of thiazole rings is 1. The van der Waals surface area contributed by atoms with Crippen molar-refractivity contribution in [1.82, 2.24) is 4.98 Å². The molecule has 5 heteroatoms. The van der Waals surface area contributed by atoms with E-state index < -0.39 is 0 Å². The molecule has 0 unspecified atom stereocenters. The van der Waals surface area contributed by atoms with Crippen LogP contribution in [0.25, 0.3) is 0 Å². The predicted octanol–water partition coefficient (Wildman–Crippen LogP) is 2.65. The van der Waals surface area contributed by atoms with Gasteiger partial charge in [-0.2, -0.15) is 0 Å². The van der Waals surface area contributed by atoms with Gasteiger partial charge in [0.05, 0.1) is 17.1 Å². The van der Waals surface area contributed by atoms with Gasteiger partial charge in [-0.3, -0.25) is 4.79 Å². The van der Waals surface area contributed by atoms with E-state index in [4.69, 9.17) is 0 Å². The molecule has 1 heterocycles. The van der Waals surface area contributed by atoms with Crippen LogP contribution in [-0.2, 0) is 11.2 Å². The van der Waals surface area contributed by atoms with Crippen LogP contribution in [0.5, 0.6) is 5.75 Å². The van der Waals surface area contributed by atoms with Crippen LogP contribution in [0.4, 0.5) is 5.69 Å². The number of benzene rings is 1. The SMILES string of the molecule is Cc1nc(CC(=O)Nc2ccc(O)cc2C)cs1. The predicted molar refractivity (Wildman–Crippen MR) is 72.0 cm³/mol. The lowest BCUT2D eigenvalue weighted by Gasteiger charge is -2.07. The molecule has 0 atom stereocenters. The van der Waals surface area contributed by atoms with E-state index >= 15 is 0 Å². The maximum absolute atomic E-state index is 11.8. The topological polar surface area (TPSA) is 62.2 Å². The Labute approximate surface area is 109 Å². The van der Waals surface area contributed by atoms with E-state index in [1.54, 1.807) is 18.2 Å². The first kappa shape index (κ1) is 12.6. The smallest absolute Gasteiger partial charge is 0.230 e. The van der Waals surface area contributed by atoms with Gasteiger partial charge >= 0.3 is 0 Å². The van der Waals surface area contributed by atoms with Crippen molar-refractivity contribution in [2.75, 3.05) is 5.32 Å². The van der Waals surface area contributed by atoms with Crippen LogP contribution in [-0.4, -0.2) is 16.0 Å². The Balaban J connectivity index is 2.03. The molecule has 0 radical (unpaired) electrons. The minimum absolute atomic E-state index is 0.103. The third kappa shape index (κ3) is 3.07. The van der Waals surface area contributed by atoms with E-state index in [9.17, 15) is 9.90 Å². The van der Waals surface area contributed by atoms with Crippen LogP contribution in [0.15, 0.2) is 23.6 Å². The summed E-state index contributed by atoms with van der Waals surface area (Å²) >= 11 is 1.53. The summed E-state index contributed by atoms with van der Waals surface area (Å²) in [5.74, 6) is 0.0923. The first-order valence-electron chi connectivity index (χ1n) is 5.55. The number of rotatable bonds is 3. The van der Waals surface area contributed by atoms with Gasteiger partial charge in [-0.05, 0) is 37.6 Å². The zero-order valence-corrected chi connectivity index (χ0v) is 11.0. The minimum Gasteiger partial charge on any atom is -0.508 e. The number of aromatic hydroxyl groups is 1. The van der Waals surface area contributed by atoms with Crippen LogP contribution < -0.4 is 5.32 Å². The number of nitrogens with zero attached hydrogens (tertiary/aromatic N) is 1. The molecule has 2 aromatic rings. The number of phenols is 1. The van der Waals surface area contributed by atoms with E-state index in [-0.39, 0.29) is 18.1 Å². The number of anilines is 1. The number of nitrogens with one attached hydrogen (secondary N) is 1. The Morgan fingerprint density at radius 2 is 2.22 bits per heavy atom. The Kier molecular flexibility index (Phi) is 3.62. The number of aromatic nitrogens is 1. The number of aryl methyl sites for hydroxylation is 2. The molecule has 18 heavy (non-hydrogen) atoms. The lowest BCUT2D eigenvalue weighted by Crippen LogP contribution is -2.15. The standard InChI is InChI=1S/C13H14N2O2S/c1-8-5-11(16)3-4-12(8)15-13(17)6-10-7-18-9(2)14-10/h3-5,7,16H,6H2,1-2H3,(H,15,17). The van der Waals surface area contributed by atoms with Crippen LogP contribution in [0.2, 0.25) is 0 Å². The Bertz CT molecular complexity index is 578. The van der Waals surface area contributed by atoms with Crippen molar-refractivity contribution in [3.63, 3.8) is 0 Å². The Morgan fingerprint density at radius 3 is 2.83 bits per heavy atom. The number of amides is 1. The van der Waals surface area contributed by atoms with E-state index in [2.05, 4.69) is 10.3 Å². The average molecular weight is 262 g/mol. The van der Waals surface area contributed by atoms with Gasteiger partial charge in [0.1, 0.15) is 5.75 Å². The number of hydrogen-bond donors (Lipinski definition) is 2. The number of hydrogen-bond acceptors (Lipinski definition) is 4. The van der Waals surface area contributed by atoms with Gasteiger partial charge in [-0.25, -0.2) is 4.98 Å². The molecule has 0 aliphatic rings. The first-order valence-corrected chi connectivity index (χ1v) is 6.43. The van der Waals surface area contributed by atoms with Crippen molar-refractivity contribution in [3.05, 3.63) is 39.8 Å². The molecule has 1 amide bonds. The molecule has 94 valence electrons. The minimum atomic E-state index is -0.103. The van der Waals surface area contributed by atoms with Crippen molar-refractivity contribution in [2.24, 2.45) is 0 Å². The molecule has 0 aliphatic heterocycles. The van der Waals surface area contributed by atoms with Crippen molar-refractivity contribution in [3.8, 4) is 5.75 Å². The largest absolute Gasteiger partial charge is 0.508 e. The van der Waals surface area contributed by atoms with Gasteiger partial charge in [-0.15, -0.1) is 11.3 Å². The summed E-state index contributed by atoms with van der Waals surface area (Å²) in [7, 11) is 0. The summed E-state index contributed by atoms with van der Waals surface area (Å²) < 4.78 is 0. The molecular formula is C13H14N2O2S. The van der Waals surface area contributed by atoms with E-state index in [1.807, 2.05) is 19.2 Å². The number of carbonyl (C=O) groups excluding carboxylic acids is 1. The average Bonchev–Trinajstić information content (AvgIpc) is 2.68. The number of phenolic OH excluding ortho intramolecular Hbond substituents is 1. The highest BCUT2D eigenvalue weighted by atomic mass is 32.1. The third-order valence-corrected chi connectivity index (χ3v) is 3.31. The molecule has 0 bridgehead atoms. The summed E-state index contributed by atoms with van der Waals surface area (Å²) in [6.45, 7) is 3.75. The van der Waals surface area contributed by atoms with Gasteiger partial charge in [0, 0.05) is 11.1 Å². The second kappa shape index (κ2) is 5.18. The summed E-state index contributed by atoms with van der Waals surface area (Å²) in [6, 6.07) is 4.85. The summed E-state index contributed by atoms with van der Waals surface area (Å²) in [4.78, 5) is 16.1. The fourth-order valence-corrected chi connectivity index (χ4v) is 2.25. The van der Waals surface area contributed by atoms with Crippen LogP contribution in [0.3, 0.4) is 0 Å². The van der Waals surface area contributed by atoms with Crippen molar-refractivity contribution >= 4 is 22.9 Å². The monoisotopic (exact) mass is 262 g/mol. The molecule has 0 aliphatic carbocycles.